The van der Waals surface area contributed by atoms with Crippen molar-refractivity contribution in [1.29, 1.82) is 0 Å². The second-order valence-electron chi connectivity index (χ2n) is 10.8. The Morgan fingerprint density at radius 2 is 1.58 bits per heavy atom. The summed E-state index contributed by atoms with van der Waals surface area (Å²) in [6.45, 7) is 2.11. The van der Waals surface area contributed by atoms with Gasteiger partial charge in [-0.25, -0.2) is 4.79 Å². The van der Waals surface area contributed by atoms with Crippen molar-refractivity contribution in [3.63, 3.8) is 0 Å². The van der Waals surface area contributed by atoms with Gasteiger partial charge < -0.3 is 20.3 Å². The number of urea groups is 1. The molecule has 2 heterocycles. The van der Waals surface area contributed by atoms with Crippen LogP contribution in [0.1, 0.15) is 22.7 Å². The first-order valence-corrected chi connectivity index (χ1v) is 14.2. The van der Waals surface area contributed by atoms with Crippen molar-refractivity contribution in [3.05, 3.63) is 137 Å². The number of likely N-dealkylation sites (N-methyl/N-ethyl adjacent to an activating group) is 1. The summed E-state index contributed by atoms with van der Waals surface area (Å²) in [5.41, 5.74) is 4.39. The zero-order valence-corrected chi connectivity index (χ0v) is 24.0. The molecule has 43 heavy (non-hydrogen) atoms. The SMILES string of the molecule is Cc1ccc(NC(=O)[C@H](Cc2ccccc2)N2CC3=C(C2=O)[C@@H](c2cccc(Oc4ccccc4)c2)NC(=O)N3C)cc1. The minimum atomic E-state index is -0.807. The lowest BCUT2D eigenvalue weighted by Gasteiger charge is -2.31. The van der Waals surface area contributed by atoms with Crippen molar-refractivity contribution >= 4 is 23.5 Å². The van der Waals surface area contributed by atoms with Crippen LogP contribution in [0.4, 0.5) is 10.5 Å². The van der Waals surface area contributed by atoms with Crippen molar-refractivity contribution in [2.24, 2.45) is 0 Å². The third-order valence-electron chi connectivity index (χ3n) is 7.83. The van der Waals surface area contributed by atoms with E-state index >= 15 is 0 Å². The summed E-state index contributed by atoms with van der Waals surface area (Å²) < 4.78 is 6.03. The standard InChI is InChI=1S/C35H32N4O4/c1-23-16-18-26(19-17-23)36-33(40)29(20-24-10-5-3-6-11-24)39-22-30-31(34(39)41)32(37-35(42)38(30)2)25-12-9-15-28(21-25)43-27-13-7-4-8-14-27/h3-19,21,29,32H,20,22H2,1-2H3,(H,36,40)(H,37,42)/t29-,32+/m0/s1. The average molecular weight is 573 g/mol. The first kappa shape index (κ1) is 27.8. The van der Waals surface area contributed by atoms with Crippen LogP contribution in [0.3, 0.4) is 0 Å². The summed E-state index contributed by atoms with van der Waals surface area (Å²) >= 11 is 0. The van der Waals surface area contributed by atoms with Crippen molar-refractivity contribution < 1.29 is 19.1 Å². The first-order valence-electron chi connectivity index (χ1n) is 14.2. The Morgan fingerprint density at radius 1 is 0.907 bits per heavy atom. The average Bonchev–Trinajstić information content (AvgIpc) is 3.36. The Bertz CT molecular complexity index is 1690. The van der Waals surface area contributed by atoms with Crippen LogP contribution in [-0.2, 0) is 16.0 Å². The zero-order chi connectivity index (χ0) is 29.9. The predicted molar refractivity (Wildman–Crippen MR) is 164 cm³/mol. The Balaban J connectivity index is 1.32. The van der Waals surface area contributed by atoms with Gasteiger partial charge in [0.25, 0.3) is 5.91 Å². The molecule has 2 atom stereocenters. The molecule has 2 aliphatic heterocycles. The summed E-state index contributed by atoms with van der Waals surface area (Å²) in [5, 5.41) is 5.98. The number of nitrogens with zero attached hydrogens (tertiary/aromatic N) is 2. The van der Waals surface area contributed by atoms with Crippen LogP contribution < -0.4 is 15.4 Å². The fourth-order valence-corrected chi connectivity index (χ4v) is 5.52. The molecule has 6 rings (SSSR count). The molecule has 4 amide bonds. The van der Waals surface area contributed by atoms with Gasteiger partial charge in [0.05, 0.1) is 23.9 Å². The van der Waals surface area contributed by atoms with Gasteiger partial charge in [-0.3, -0.25) is 14.5 Å². The van der Waals surface area contributed by atoms with Crippen molar-refractivity contribution in [2.75, 3.05) is 18.9 Å². The van der Waals surface area contributed by atoms with Gasteiger partial charge in [-0.1, -0.05) is 78.4 Å². The highest BCUT2D eigenvalue weighted by atomic mass is 16.5. The molecule has 216 valence electrons. The van der Waals surface area contributed by atoms with E-state index in [9.17, 15) is 14.4 Å². The van der Waals surface area contributed by atoms with Gasteiger partial charge in [-0.05, 0) is 54.4 Å². The Morgan fingerprint density at radius 3 is 2.30 bits per heavy atom. The molecule has 4 aromatic carbocycles. The molecule has 0 bridgehead atoms. The van der Waals surface area contributed by atoms with Gasteiger partial charge in [0, 0.05) is 19.2 Å². The van der Waals surface area contributed by atoms with Crippen molar-refractivity contribution in [1.82, 2.24) is 15.1 Å². The number of ether oxygens (including phenoxy) is 1. The van der Waals surface area contributed by atoms with Crippen molar-refractivity contribution in [2.45, 2.75) is 25.4 Å². The highest BCUT2D eigenvalue weighted by molar-refractivity contribution is 6.05. The second kappa shape index (κ2) is 11.9. The molecule has 4 aromatic rings. The second-order valence-corrected chi connectivity index (χ2v) is 10.8. The summed E-state index contributed by atoms with van der Waals surface area (Å²) in [7, 11) is 1.64. The van der Waals surface area contributed by atoms with Gasteiger partial charge in [-0.15, -0.1) is 0 Å². The van der Waals surface area contributed by atoms with E-state index in [1.54, 1.807) is 11.9 Å². The van der Waals surface area contributed by atoms with E-state index < -0.39 is 12.1 Å². The van der Waals surface area contributed by atoms with Gasteiger partial charge in [-0.2, -0.15) is 0 Å². The summed E-state index contributed by atoms with van der Waals surface area (Å²) in [6.07, 6.45) is 0.320. The molecule has 0 aliphatic carbocycles. The topological polar surface area (TPSA) is 91.0 Å². The fraction of sp³-hybridized carbons (Fsp3) is 0.171. The number of amides is 4. The highest BCUT2D eigenvalue weighted by Crippen LogP contribution is 2.38. The maximum atomic E-state index is 14.3. The minimum Gasteiger partial charge on any atom is -0.457 e. The van der Waals surface area contributed by atoms with Gasteiger partial charge >= 0.3 is 6.03 Å². The third kappa shape index (κ3) is 5.85. The van der Waals surface area contributed by atoms with Crippen LogP contribution in [0.2, 0.25) is 0 Å². The molecule has 0 spiro atoms. The molecule has 0 fully saturated rings. The van der Waals surface area contributed by atoms with Gasteiger partial charge in [0.15, 0.2) is 0 Å². The van der Waals surface area contributed by atoms with Crippen LogP contribution in [0.15, 0.2) is 120 Å². The molecule has 0 saturated heterocycles. The Hall–Kier alpha value is -5.37. The Labute approximate surface area is 250 Å². The number of aryl methyl sites for hydroxylation is 1. The number of hydrogen-bond donors (Lipinski definition) is 2. The van der Waals surface area contributed by atoms with Crippen molar-refractivity contribution in [3.8, 4) is 11.5 Å². The first-order chi connectivity index (χ1) is 20.9. The lowest BCUT2D eigenvalue weighted by atomic mass is 9.95. The smallest absolute Gasteiger partial charge is 0.322 e. The summed E-state index contributed by atoms with van der Waals surface area (Å²) in [6, 6.07) is 32.1. The molecule has 8 nitrogen and oxygen atoms in total. The maximum Gasteiger partial charge on any atom is 0.322 e. The van der Waals surface area contributed by atoms with Gasteiger partial charge in [0.1, 0.15) is 17.5 Å². The lowest BCUT2D eigenvalue weighted by molar-refractivity contribution is -0.134. The van der Waals surface area contributed by atoms with E-state index in [0.717, 1.165) is 11.1 Å². The van der Waals surface area contributed by atoms with E-state index in [1.807, 2.05) is 116 Å². The summed E-state index contributed by atoms with van der Waals surface area (Å²) in [5.74, 6) is 0.679. The number of carbonyl (C=O) groups is 3. The van der Waals surface area contributed by atoms with Crippen LogP contribution >= 0.6 is 0 Å². The molecule has 2 aliphatic rings. The lowest BCUT2D eigenvalue weighted by Crippen LogP contribution is -2.47. The molecular formula is C35H32N4O4. The minimum absolute atomic E-state index is 0.133. The zero-order valence-electron chi connectivity index (χ0n) is 24.0. The number of nitrogens with one attached hydrogen (secondary N) is 2. The number of carbonyl (C=O) groups excluding carboxylic acids is 3. The summed E-state index contributed by atoms with van der Waals surface area (Å²) in [4.78, 5) is 44.2. The third-order valence-corrected chi connectivity index (χ3v) is 7.83. The highest BCUT2D eigenvalue weighted by Gasteiger charge is 2.46. The molecule has 2 N–H and O–H groups in total. The number of benzene rings is 4. The van der Waals surface area contributed by atoms with E-state index in [4.69, 9.17) is 4.74 Å². The monoisotopic (exact) mass is 572 g/mol. The van der Waals surface area contributed by atoms with E-state index in [2.05, 4.69) is 10.6 Å². The predicted octanol–water partition coefficient (Wildman–Crippen LogP) is 5.83. The molecular weight excluding hydrogens is 540 g/mol. The van der Waals surface area contributed by atoms with Gasteiger partial charge in [0.2, 0.25) is 5.91 Å². The molecule has 0 saturated carbocycles. The number of rotatable bonds is 8. The van der Waals surface area contributed by atoms with Crippen LogP contribution in [0.5, 0.6) is 11.5 Å². The van der Waals surface area contributed by atoms with Crippen LogP contribution in [-0.4, -0.2) is 47.3 Å². The molecule has 8 heteroatoms. The fourth-order valence-electron chi connectivity index (χ4n) is 5.52. The van der Waals surface area contributed by atoms with E-state index in [0.29, 0.717) is 40.4 Å². The number of hydrogen-bond acceptors (Lipinski definition) is 4. The van der Waals surface area contributed by atoms with E-state index in [1.165, 1.54) is 4.90 Å². The quantitative estimate of drug-likeness (QED) is 0.278. The normalized spacial score (nSPS) is 16.9. The van der Waals surface area contributed by atoms with Crippen LogP contribution in [0, 0.1) is 6.92 Å². The molecule has 0 unspecified atom stereocenters. The van der Waals surface area contributed by atoms with E-state index in [-0.39, 0.29) is 24.4 Å². The largest absolute Gasteiger partial charge is 0.457 e. The van der Waals surface area contributed by atoms with Crippen LogP contribution in [0.25, 0.3) is 0 Å². The maximum absolute atomic E-state index is 14.3. The number of anilines is 1. The number of para-hydroxylation sites is 1. The molecule has 0 radical (unpaired) electrons. The Kier molecular flexibility index (Phi) is 7.66. The molecule has 0 aromatic heterocycles.